The van der Waals surface area contributed by atoms with Crippen LogP contribution in [0.15, 0.2) is 95.1 Å². The minimum absolute atomic E-state index is 0. The van der Waals surface area contributed by atoms with Gasteiger partial charge in [-0.3, -0.25) is 6.08 Å². The zero-order valence-corrected chi connectivity index (χ0v) is 38.9. The fraction of sp³-hybridized carbons (Fsp3) is 0.520. The Labute approximate surface area is 352 Å². The average Bonchev–Trinajstić information content (AvgIpc) is 3.74. The SMILES string of the molecule is CC1[C-]=CC(C2(C)CCCCC2)=C1.C[C-]1C2=C3Cc4ccccc4C3=C3C=CCCC3C2(C)C(C)(C)C(C)(C)C1(C)C.Cc1cc[c-]cc1.Cl.Cl.[CH2]=[Zr]. The van der Waals surface area contributed by atoms with Crippen molar-refractivity contribution in [3.05, 3.63) is 130 Å². The second-order valence-electron chi connectivity index (χ2n) is 18.2. The molecule has 0 amide bonds. The van der Waals surface area contributed by atoms with E-state index in [2.05, 4.69) is 141 Å². The van der Waals surface area contributed by atoms with Crippen LogP contribution in [0.25, 0.3) is 5.57 Å². The summed E-state index contributed by atoms with van der Waals surface area (Å²) in [5.41, 5.74) is 13.6. The first kappa shape index (κ1) is 45.7. The normalized spacial score (nSPS) is 27.2. The molecule has 0 aliphatic heterocycles. The number of rotatable bonds is 1. The van der Waals surface area contributed by atoms with E-state index in [1.165, 1.54) is 85.9 Å². The van der Waals surface area contributed by atoms with E-state index in [1.54, 1.807) is 33.8 Å². The number of halogens is 2. The van der Waals surface area contributed by atoms with Crippen LogP contribution in [0, 0.1) is 63.9 Å². The van der Waals surface area contributed by atoms with Crippen molar-refractivity contribution in [1.29, 1.82) is 0 Å². The molecule has 2 saturated carbocycles. The number of aryl methyl sites for hydroxylation is 1. The Morgan fingerprint density at radius 2 is 1.47 bits per heavy atom. The summed E-state index contributed by atoms with van der Waals surface area (Å²) in [7, 11) is 0. The van der Waals surface area contributed by atoms with E-state index < -0.39 is 0 Å². The third-order valence-electron chi connectivity index (χ3n) is 15.3. The summed E-state index contributed by atoms with van der Waals surface area (Å²) < 4.78 is 3.34. The van der Waals surface area contributed by atoms with E-state index in [-0.39, 0.29) is 46.5 Å². The van der Waals surface area contributed by atoms with Gasteiger partial charge in [-0.25, -0.2) is 12.0 Å². The summed E-state index contributed by atoms with van der Waals surface area (Å²) >= 11 is 1.30. The Morgan fingerprint density at radius 3 is 2.04 bits per heavy atom. The molecule has 0 heterocycles. The summed E-state index contributed by atoms with van der Waals surface area (Å²) in [4.78, 5) is 0. The van der Waals surface area contributed by atoms with Gasteiger partial charge >= 0.3 is 28.4 Å². The van der Waals surface area contributed by atoms with Gasteiger partial charge in [0.1, 0.15) is 0 Å². The summed E-state index contributed by atoms with van der Waals surface area (Å²) in [5.74, 6) is 2.79. The molecule has 3 unspecified atom stereocenters. The Balaban J connectivity index is 0.000000261. The van der Waals surface area contributed by atoms with Crippen molar-refractivity contribution >= 4 is 34.6 Å². The average molecular weight is 830 g/mol. The van der Waals surface area contributed by atoms with Crippen molar-refractivity contribution in [2.45, 2.75) is 128 Å². The van der Waals surface area contributed by atoms with Gasteiger partial charge in [0.15, 0.2) is 0 Å². The quantitative estimate of drug-likeness (QED) is 0.251. The molecule has 0 N–H and O–H groups in total. The molecule has 2 aromatic rings. The molecule has 0 spiro atoms. The van der Waals surface area contributed by atoms with Crippen LogP contribution in [-0.4, -0.2) is 4.21 Å². The van der Waals surface area contributed by atoms with Crippen molar-refractivity contribution in [2.24, 2.45) is 38.9 Å². The van der Waals surface area contributed by atoms with Gasteiger partial charge in [-0.05, 0) is 40.6 Å². The van der Waals surface area contributed by atoms with Crippen molar-refractivity contribution in [1.82, 2.24) is 0 Å². The maximum absolute atomic E-state index is 3.37. The van der Waals surface area contributed by atoms with Gasteiger partial charge in [-0.1, -0.05) is 178 Å². The molecule has 0 saturated heterocycles. The van der Waals surface area contributed by atoms with Crippen molar-refractivity contribution in [3.8, 4) is 0 Å². The molecule has 8 rings (SSSR count). The molecule has 2 aromatic carbocycles. The van der Waals surface area contributed by atoms with E-state index >= 15 is 0 Å². The van der Waals surface area contributed by atoms with Crippen LogP contribution in [0.3, 0.4) is 0 Å². The van der Waals surface area contributed by atoms with Crippen molar-refractivity contribution < 1.29 is 24.2 Å². The van der Waals surface area contributed by atoms with E-state index in [1.807, 2.05) is 24.3 Å². The monoisotopic (exact) mass is 827 g/mol. The Kier molecular flexibility index (Phi) is 15.2. The first-order valence-corrected chi connectivity index (χ1v) is 21.5. The molecule has 0 bridgehead atoms. The number of hydrogen-bond acceptors (Lipinski definition) is 0. The van der Waals surface area contributed by atoms with E-state index in [0.29, 0.717) is 17.3 Å². The number of fused-ring (bicyclic) bond motifs is 6. The molecule has 2 fully saturated rings. The number of hydrogen-bond donors (Lipinski definition) is 0. The van der Waals surface area contributed by atoms with Gasteiger partial charge in [0.2, 0.25) is 0 Å². The van der Waals surface area contributed by atoms with Crippen LogP contribution in [0.1, 0.15) is 131 Å². The molecule has 288 valence electrons. The molecule has 3 atom stereocenters. The molecule has 0 aromatic heterocycles. The van der Waals surface area contributed by atoms with Gasteiger partial charge in [-0.15, -0.1) is 31.7 Å². The van der Waals surface area contributed by atoms with Crippen LogP contribution >= 0.6 is 24.8 Å². The van der Waals surface area contributed by atoms with Gasteiger partial charge in [0.25, 0.3) is 0 Å². The Morgan fingerprint density at radius 1 is 0.849 bits per heavy atom. The first-order chi connectivity index (χ1) is 24.1. The van der Waals surface area contributed by atoms with Crippen LogP contribution in [0.2, 0.25) is 0 Å². The zero-order chi connectivity index (χ0) is 37.4. The maximum atomic E-state index is 3.37. The van der Waals surface area contributed by atoms with E-state index in [0.717, 1.165) is 6.42 Å². The van der Waals surface area contributed by atoms with Crippen molar-refractivity contribution in [2.75, 3.05) is 0 Å². The summed E-state index contributed by atoms with van der Waals surface area (Å²) in [6.45, 7) is 27.0. The van der Waals surface area contributed by atoms with Gasteiger partial charge in [-0.2, -0.15) is 58.7 Å². The molecule has 0 radical (unpaired) electrons. The van der Waals surface area contributed by atoms with Gasteiger partial charge in [0.05, 0.1) is 0 Å². The first-order valence-electron chi connectivity index (χ1n) is 19.7. The second kappa shape index (κ2) is 17.6. The Bertz CT molecular complexity index is 1730. The fourth-order valence-corrected chi connectivity index (χ4v) is 10.6. The predicted octanol–water partition coefficient (Wildman–Crippen LogP) is 14.5. The molecule has 3 heteroatoms. The van der Waals surface area contributed by atoms with E-state index in [4.69, 9.17) is 0 Å². The fourth-order valence-electron chi connectivity index (χ4n) is 10.6. The van der Waals surface area contributed by atoms with Gasteiger partial charge in [0, 0.05) is 0 Å². The second-order valence-corrected chi connectivity index (χ2v) is 18.2. The van der Waals surface area contributed by atoms with Crippen LogP contribution in [0.4, 0.5) is 0 Å². The van der Waals surface area contributed by atoms with E-state index in [9.17, 15) is 0 Å². The van der Waals surface area contributed by atoms with Crippen molar-refractivity contribution in [3.63, 3.8) is 0 Å². The summed E-state index contributed by atoms with van der Waals surface area (Å²) in [6, 6.07) is 20.0. The summed E-state index contributed by atoms with van der Waals surface area (Å²) in [5, 5.41) is 0. The number of benzene rings is 2. The number of allylic oxidation sites excluding steroid dienone is 10. The standard InChI is InChI=1S/C29H37.C13H19.C7H7.CH2.2ClH.Zr/c1-18-25-22-17-19-13-9-10-14-20(19)24(22)21-15-11-12-16-23(21)29(25,8)28(6,7)27(4,5)26(18,2)3;1-11-6-7-12(10-11)13(2)8-4-3-5-9-13;1-7-5-3-2-4-6-7;;;;/h9-11,13-15,23H,12,16-17H2,1-8H3;7,10-11H,3-5,8-9H2,1-2H3;3-6H,1H3;1H2;2*1H;/q3*-1;;;;. The molecule has 6 aliphatic carbocycles. The molecular formula is C50H67Cl2Zr-3. The van der Waals surface area contributed by atoms with Crippen LogP contribution < -0.4 is 0 Å². The third kappa shape index (κ3) is 7.86. The summed E-state index contributed by atoms with van der Waals surface area (Å²) in [6.07, 6.45) is 23.5. The minimum atomic E-state index is 0. The molecule has 6 aliphatic rings. The van der Waals surface area contributed by atoms with Gasteiger partial charge < -0.3 is 0 Å². The Hall–Kier alpha value is -1.66. The molecular weight excluding hydrogens is 763 g/mol. The molecule has 0 nitrogen and oxygen atoms in total. The predicted molar refractivity (Wildman–Crippen MR) is 232 cm³/mol. The van der Waals surface area contributed by atoms with Crippen LogP contribution in [0.5, 0.6) is 0 Å². The molecule has 53 heavy (non-hydrogen) atoms. The van der Waals surface area contributed by atoms with Crippen LogP contribution in [-0.2, 0) is 30.7 Å². The topological polar surface area (TPSA) is 0 Å². The zero-order valence-electron chi connectivity index (χ0n) is 34.8. The third-order valence-corrected chi connectivity index (χ3v) is 15.3.